The zero-order valence-electron chi connectivity index (χ0n) is 18.2. The molecule has 30 heavy (non-hydrogen) atoms. The van der Waals surface area contributed by atoms with Gasteiger partial charge in [-0.2, -0.15) is 0 Å². The molecule has 1 N–H and O–H groups in total. The number of aromatic nitrogens is 1. The number of benzene rings is 1. The van der Waals surface area contributed by atoms with Gasteiger partial charge in [0.1, 0.15) is 5.75 Å². The topological polar surface area (TPSA) is 57.7 Å². The summed E-state index contributed by atoms with van der Waals surface area (Å²) in [7, 11) is 4.02. The van der Waals surface area contributed by atoms with Gasteiger partial charge in [-0.3, -0.25) is 4.98 Å². The highest BCUT2D eigenvalue weighted by molar-refractivity contribution is 5.74. The van der Waals surface area contributed by atoms with Gasteiger partial charge >= 0.3 is 6.03 Å². The van der Waals surface area contributed by atoms with Crippen LogP contribution in [0, 0.1) is 0 Å². The van der Waals surface area contributed by atoms with Crippen molar-refractivity contribution in [3.8, 4) is 5.75 Å². The molecule has 1 aromatic carbocycles. The molecule has 6 nitrogen and oxygen atoms in total. The largest absolute Gasteiger partial charge is 0.490 e. The van der Waals surface area contributed by atoms with Gasteiger partial charge in [0.05, 0.1) is 6.10 Å². The van der Waals surface area contributed by atoms with E-state index in [1.165, 1.54) is 19.3 Å². The van der Waals surface area contributed by atoms with Crippen LogP contribution in [-0.2, 0) is 13.1 Å². The predicted molar refractivity (Wildman–Crippen MR) is 119 cm³/mol. The first-order valence-corrected chi connectivity index (χ1v) is 10.9. The van der Waals surface area contributed by atoms with E-state index in [1.807, 2.05) is 61.6 Å². The molecule has 2 amide bonds. The number of amides is 2. The Hall–Kier alpha value is -2.60. The van der Waals surface area contributed by atoms with Crippen LogP contribution in [0.25, 0.3) is 0 Å². The first-order valence-electron chi connectivity index (χ1n) is 10.9. The number of pyridine rings is 1. The zero-order valence-corrected chi connectivity index (χ0v) is 18.2. The maximum absolute atomic E-state index is 12.9. The van der Waals surface area contributed by atoms with Crippen molar-refractivity contribution in [3.63, 3.8) is 0 Å². The van der Waals surface area contributed by atoms with E-state index in [1.54, 1.807) is 6.20 Å². The van der Waals surface area contributed by atoms with Gasteiger partial charge in [0, 0.05) is 38.6 Å². The second-order valence-electron chi connectivity index (χ2n) is 8.27. The van der Waals surface area contributed by atoms with Gasteiger partial charge in [-0.25, -0.2) is 4.79 Å². The van der Waals surface area contributed by atoms with E-state index in [0.29, 0.717) is 25.7 Å². The van der Waals surface area contributed by atoms with Crippen molar-refractivity contribution in [1.82, 2.24) is 20.1 Å². The SMILES string of the molecule is CN(C)CCN(Cc1cccnc1)C(=O)NCc1cccc(OC2CCCCC2)c1. The van der Waals surface area contributed by atoms with Crippen LogP contribution >= 0.6 is 0 Å². The van der Waals surface area contributed by atoms with Crippen molar-refractivity contribution < 1.29 is 9.53 Å². The van der Waals surface area contributed by atoms with E-state index in [-0.39, 0.29) is 6.03 Å². The summed E-state index contributed by atoms with van der Waals surface area (Å²) in [6, 6.07) is 11.9. The van der Waals surface area contributed by atoms with Crippen LogP contribution in [-0.4, -0.2) is 54.1 Å². The molecule has 0 aliphatic heterocycles. The fourth-order valence-corrected chi connectivity index (χ4v) is 3.68. The van der Waals surface area contributed by atoms with E-state index in [2.05, 4.69) is 15.2 Å². The lowest BCUT2D eigenvalue weighted by atomic mass is 9.98. The molecule has 0 saturated heterocycles. The molecule has 2 aromatic rings. The number of carbonyl (C=O) groups is 1. The minimum absolute atomic E-state index is 0.0701. The highest BCUT2D eigenvalue weighted by atomic mass is 16.5. The highest BCUT2D eigenvalue weighted by Crippen LogP contribution is 2.24. The van der Waals surface area contributed by atoms with E-state index in [0.717, 1.165) is 36.3 Å². The minimum atomic E-state index is -0.0701. The van der Waals surface area contributed by atoms with Gasteiger partial charge < -0.3 is 19.9 Å². The molecule has 0 bridgehead atoms. The van der Waals surface area contributed by atoms with Gasteiger partial charge in [-0.1, -0.05) is 24.6 Å². The molecule has 0 radical (unpaired) electrons. The summed E-state index contributed by atoms with van der Waals surface area (Å²) in [6.07, 6.45) is 9.96. The fourth-order valence-electron chi connectivity index (χ4n) is 3.68. The quantitative estimate of drug-likeness (QED) is 0.677. The molecule has 0 spiro atoms. The fraction of sp³-hybridized carbons (Fsp3) is 0.500. The lowest BCUT2D eigenvalue weighted by Crippen LogP contribution is -2.42. The smallest absolute Gasteiger partial charge is 0.318 e. The lowest BCUT2D eigenvalue weighted by Gasteiger charge is -2.25. The summed E-state index contributed by atoms with van der Waals surface area (Å²) in [5.74, 6) is 0.897. The number of nitrogens with zero attached hydrogens (tertiary/aromatic N) is 3. The first-order chi connectivity index (χ1) is 14.6. The molecule has 1 saturated carbocycles. The lowest BCUT2D eigenvalue weighted by molar-refractivity contribution is 0.155. The highest BCUT2D eigenvalue weighted by Gasteiger charge is 2.16. The molecule has 0 unspecified atom stereocenters. The molecule has 3 rings (SSSR count). The van der Waals surface area contributed by atoms with Crippen molar-refractivity contribution in [2.24, 2.45) is 0 Å². The summed E-state index contributed by atoms with van der Waals surface area (Å²) >= 11 is 0. The molecule has 0 atom stereocenters. The summed E-state index contributed by atoms with van der Waals surface area (Å²) in [5.41, 5.74) is 2.07. The summed E-state index contributed by atoms with van der Waals surface area (Å²) in [4.78, 5) is 21.0. The van der Waals surface area contributed by atoms with Crippen LogP contribution in [0.4, 0.5) is 4.79 Å². The van der Waals surface area contributed by atoms with Gasteiger partial charge in [0.15, 0.2) is 0 Å². The Morgan fingerprint density at radius 1 is 1.10 bits per heavy atom. The third-order valence-electron chi connectivity index (χ3n) is 5.40. The number of likely N-dealkylation sites (N-methyl/N-ethyl adjacent to an activating group) is 1. The average molecular weight is 411 g/mol. The molecule has 1 aliphatic rings. The molecular formula is C24H34N4O2. The minimum Gasteiger partial charge on any atom is -0.490 e. The average Bonchev–Trinajstić information content (AvgIpc) is 2.76. The monoisotopic (exact) mass is 410 g/mol. The summed E-state index contributed by atoms with van der Waals surface area (Å²) < 4.78 is 6.16. The van der Waals surface area contributed by atoms with Crippen LogP contribution in [0.15, 0.2) is 48.8 Å². The zero-order chi connectivity index (χ0) is 21.2. The third kappa shape index (κ3) is 7.34. The Morgan fingerprint density at radius 3 is 2.63 bits per heavy atom. The van der Waals surface area contributed by atoms with Crippen LogP contribution in [0.3, 0.4) is 0 Å². The Balaban J connectivity index is 1.56. The van der Waals surface area contributed by atoms with Crippen molar-refractivity contribution in [3.05, 3.63) is 59.9 Å². The second-order valence-corrected chi connectivity index (χ2v) is 8.27. The Kier molecular flexibility index (Phi) is 8.51. The predicted octanol–water partition coefficient (Wildman–Crippen LogP) is 4.07. The molecule has 1 aliphatic carbocycles. The molecule has 162 valence electrons. The van der Waals surface area contributed by atoms with E-state index >= 15 is 0 Å². The van der Waals surface area contributed by atoms with Gasteiger partial charge in [0.25, 0.3) is 0 Å². The third-order valence-corrected chi connectivity index (χ3v) is 5.40. The van der Waals surface area contributed by atoms with Gasteiger partial charge in [0.2, 0.25) is 0 Å². The molecule has 1 fully saturated rings. The normalized spacial score (nSPS) is 14.5. The molecule has 6 heteroatoms. The molecule has 1 aromatic heterocycles. The second kappa shape index (κ2) is 11.6. The van der Waals surface area contributed by atoms with E-state index < -0.39 is 0 Å². The van der Waals surface area contributed by atoms with Crippen LogP contribution < -0.4 is 10.1 Å². The van der Waals surface area contributed by atoms with E-state index in [9.17, 15) is 4.79 Å². The van der Waals surface area contributed by atoms with Gasteiger partial charge in [-0.05, 0) is 69.1 Å². The summed E-state index contributed by atoms with van der Waals surface area (Å²) in [5, 5.41) is 3.07. The Labute approximate surface area is 180 Å². The number of hydrogen-bond acceptors (Lipinski definition) is 4. The molecular weight excluding hydrogens is 376 g/mol. The number of carbonyl (C=O) groups excluding carboxylic acids is 1. The maximum Gasteiger partial charge on any atom is 0.318 e. The van der Waals surface area contributed by atoms with Crippen LogP contribution in [0.2, 0.25) is 0 Å². The number of urea groups is 1. The Bertz CT molecular complexity index is 776. The number of ether oxygens (including phenoxy) is 1. The van der Waals surface area contributed by atoms with Crippen molar-refractivity contribution >= 4 is 6.03 Å². The number of rotatable bonds is 9. The van der Waals surface area contributed by atoms with Gasteiger partial charge in [-0.15, -0.1) is 0 Å². The van der Waals surface area contributed by atoms with Crippen molar-refractivity contribution in [1.29, 1.82) is 0 Å². The molecule has 1 heterocycles. The van der Waals surface area contributed by atoms with E-state index in [4.69, 9.17) is 4.74 Å². The number of hydrogen-bond donors (Lipinski definition) is 1. The van der Waals surface area contributed by atoms with Crippen molar-refractivity contribution in [2.45, 2.75) is 51.3 Å². The van der Waals surface area contributed by atoms with Crippen LogP contribution in [0.5, 0.6) is 5.75 Å². The maximum atomic E-state index is 12.9. The number of nitrogens with one attached hydrogen (secondary N) is 1. The van der Waals surface area contributed by atoms with Crippen LogP contribution in [0.1, 0.15) is 43.2 Å². The first kappa shape index (κ1) is 22.1. The van der Waals surface area contributed by atoms with Crippen molar-refractivity contribution in [2.75, 3.05) is 27.2 Å². The standard InChI is InChI=1S/C24H34N4O2/c1-27(2)14-15-28(19-21-9-7-13-25-17-21)24(29)26-18-20-8-6-12-23(16-20)30-22-10-4-3-5-11-22/h6-9,12-13,16-17,22H,3-5,10-11,14-15,18-19H2,1-2H3,(H,26,29). The summed E-state index contributed by atoms with van der Waals surface area (Å²) in [6.45, 7) is 2.47. The Morgan fingerprint density at radius 2 is 1.90 bits per heavy atom.